The van der Waals surface area contributed by atoms with E-state index in [1.54, 1.807) is 18.2 Å². The third-order valence-electron chi connectivity index (χ3n) is 9.13. The van der Waals surface area contributed by atoms with E-state index in [9.17, 15) is 13.2 Å². The summed E-state index contributed by atoms with van der Waals surface area (Å²) in [5.41, 5.74) is 4.77. The number of anilines is 2. The number of aromatic nitrogens is 3. The Hall–Kier alpha value is -4.51. The number of benzene rings is 2. The van der Waals surface area contributed by atoms with E-state index in [0.29, 0.717) is 24.2 Å². The zero-order valence-corrected chi connectivity index (χ0v) is 29.1. The minimum absolute atomic E-state index is 0.0332. The van der Waals surface area contributed by atoms with Gasteiger partial charge in [0.1, 0.15) is 6.61 Å². The zero-order valence-electron chi connectivity index (χ0n) is 28.3. The summed E-state index contributed by atoms with van der Waals surface area (Å²) in [6.07, 6.45) is 6.13. The minimum atomic E-state index is -4.13. The molecule has 10 nitrogen and oxygen atoms in total. The lowest BCUT2D eigenvalue weighted by atomic mass is 9.86. The van der Waals surface area contributed by atoms with Crippen molar-refractivity contribution in [2.45, 2.75) is 64.8 Å². The summed E-state index contributed by atoms with van der Waals surface area (Å²) >= 11 is 0. The average molecular weight is 669 g/mol. The molecule has 6 rings (SSSR count). The maximum Gasteiger partial charge on any atom is 0.264 e. The number of aryl methyl sites for hydroxylation is 2. The minimum Gasteiger partial charge on any atom is -0.475 e. The number of nitrogens with one attached hydrogen (secondary N) is 1. The first kappa shape index (κ1) is 33.4. The monoisotopic (exact) mass is 668 g/mol. The second-order valence-corrected chi connectivity index (χ2v) is 15.8. The van der Waals surface area contributed by atoms with Crippen molar-refractivity contribution < 1.29 is 17.9 Å². The molecule has 0 unspecified atom stereocenters. The highest BCUT2D eigenvalue weighted by Gasteiger charge is 2.34. The number of rotatable bonds is 5. The lowest BCUT2D eigenvalue weighted by Crippen LogP contribution is -2.49. The van der Waals surface area contributed by atoms with Crippen LogP contribution in [0.2, 0.25) is 0 Å². The molecule has 1 saturated heterocycles. The standard InChI is InChI=1S/C37H44N6O4S/c1-25-8-6-9-26(2)34(25)32-21-33-40-36(39-32)41-48(45,46)31-11-7-10-28(20-31)35(44)43(30(24-47-33)22-37(3,4)5)23-27-14-18-42(19-15-27)29-12-16-38-17-13-29/h6-13,16-17,20-21,27,30H,14-15,18-19,22-24H2,1-5H3,(H,39,40,41)/t30-/m1/s1. The first-order valence-corrected chi connectivity index (χ1v) is 18.0. The van der Waals surface area contributed by atoms with Crippen LogP contribution in [0.15, 0.2) is 78.0 Å². The Bertz CT molecular complexity index is 1870. The molecule has 2 aromatic heterocycles. The van der Waals surface area contributed by atoms with Gasteiger partial charge in [-0.25, -0.2) is 18.1 Å². The summed E-state index contributed by atoms with van der Waals surface area (Å²) in [7, 11) is -4.13. The summed E-state index contributed by atoms with van der Waals surface area (Å²) in [5, 5.41) is 0. The largest absolute Gasteiger partial charge is 0.475 e. The smallest absolute Gasteiger partial charge is 0.264 e. The Kier molecular flexibility index (Phi) is 9.42. The Morgan fingerprint density at radius 1 is 0.938 bits per heavy atom. The second-order valence-electron chi connectivity index (χ2n) is 14.1. The van der Waals surface area contributed by atoms with Crippen LogP contribution in [0, 0.1) is 25.2 Å². The normalized spacial score (nSPS) is 18.6. The van der Waals surface area contributed by atoms with Gasteiger partial charge in [-0.15, -0.1) is 0 Å². The van der Waals surface area contributed by atoms with Crippen LogP contribution < -0.4 is 14.4 Å². The number of piperidine rings is 1. The fraction of sp³-hybridized carbons (Fsp3) is 0.405. The van der Waals surface area contributed by atoms with E-state index >= 15 is 0 Å². The SMILES string of the molecule is Cc1cccc(C)c1-c1cc2nc(n1)NS(=O)(=O)c1cccc(c1)C(=O)N(CC1CCN(c3ccncc3)CC1)[C@H](CC(C)(C)C)CO2. The first-order valence-electron chi connectivity index (χ1n) is 16.5. The van der Waals surface area contributed by atoms with Gasteiger partial charge in [0.15, 0.2) is 0 Å². The second kappa shape index (κ2) is 13.5. The molecule has 4 aromatic rings. The van der Waals surface area contributed by atoms with E-state index in [1.165, 1.54) is 12.1 Å². The molecule has 4 bridgehead atoms. The molecule has 0 aliphatic carbocycles. The molecular weight excluding hydrogens is 625 g/mol. The molecule has 2 aliphatic rings. The van der Waals surface area contributed by atoms with E-state index in [2.05, 4.69) is 45.3 Å². The van der Waals surface area contributed by atoms with Crippen LogP contribution in [0.5, 0.6) is 5.88 Å². The molecule has 1 amide bonds. The Morgan fingerprint density at radius 2 is 1.62 bits per heavy atom. The van der Waals surface area contributed by atoms with Gasteiger partial charge in [-0.3, -0.25) is 9.78 Å². The maximum atomic E-state index is 14.5. The molecule has 1 fully saturated rings. The van der Waals surface area contributed by atoms with Crippen LogP contribution in [0.1, 0.15) is 61.5 Å². The predicted octanol–water partition coefficient (Wildman–Crippen LogP) is 6.51. The van der Waals surface area contributed by atoms with Crippen molar-refractivity contribution in [2.75, 3.05) is 35.9 Å². The highest BCUT2D eigenvalue weighted by atomic mass is 32.2. The predicted molar refractivity (Wildman–Crippen MR) is 188 cm³/mol. The molecule has 4 heterocycles. The van der Waals surface area contributed by atoms with Gasteiger partial charge in [-0.2, -0.15) is 4.98 Å². The zero-order chi connectivity index (χ0) is 34.1. The Labute approximate surface area is 283 Å². The number of hydrogen-bond acceptors (Lipinski definition) is 8. The number of pyridine rings is 1. The lowest BCUT2D eigenvalue weighted by molar-refractivity contribution is 0.0473. The van der Waals surface area contributed by atoms with Gasteiger partial charge in [-0.1, -0.05) is 45.0 Å². The molecule has 1 atom stereocenters. The molecule has 0 saturated carbocycles. The summed E-state index contributed by atoms with van der Waals surface area (Å²) in [6, 6.07) is 17.7. The van der Waals surface area contributed by atoms with E-state index in [4.69, 9.17) is 4.74 Å². The van der Waals surface area contributed by atoms with Crippen LogP contribution in [-0.4, -0.2) is 66.5 Å². The molecular formula is C37H44N6O4S. The van der Waals surface area contributed by atoms with Crippen molar-refractivity contribution in [1.82, 2.24) is 19.9 Å². The summed E-state index contributed by atoms with van der Waals surface area (Å²) in [4.78, 5) is 32.0. The van der Waals surface area contributed by atoms with Gasteiger partial charge in [-0.05, 0) is 85.9 Å². The van der Waals surface area contributed by atoms with Gasteiger partial charge in [0.2, 0.25) is 11.8 Å². The number of hydrogen-bond donors (Lipinski definition) is 1. The number of carbonyl (C=O) groups excluding carboxylic acids is 1. The molecule has 2 aromatic carbocycles. The Morgan fingerprint density at radius 3 is 2.31 bits per heavy atom. The highest BCUT2D eigenvalue weighted by molar-refractivity contribution is 7.92. The molecule has 0 spiro atoms. The molecule has 11 heteroatoms. The number of nitrogens with zero attached hydrogens (tertiary/aromatic N) is 5. The van der Waals surface area contributed by atoms with Crippen LogP contribution >= 0.6 is 0 Å². The third kappa shape index (κ3) is 7.62. The van der Waals surface area contributed by atoms with E-state index in [-0.39, 0.29) is 46.6 Å². The fourth-order valence-corrected chi connectivity index (χ4v) is 7.77. The van der Waals surface area contributed by atoms with Crippen molar-refractivity contribution in [1.29, 1.82) is 0 Å². The number of ether oxygens (including phenoxy) is 1. The van der Waals surface area contributed by atoms with Crippen molar-refractivity contribution in [2.24, 2.45) is 11.3 Å². The molecule has 1 N–H and O–H groups in total. The molecule has 2 aliphatic heterocycles. The van der Waals surface area contributed by atoms with Crippen molar-refractivity contribution >= 4 is 27.6 Å². The molecule has 48 heavy (non-hydrogen) atoms. The van der Waals surface area contributed by atoms with Gasteiger partial charge in [0.05, 0.1) is 16.6 Å². The number of carbonyl (C=O) groups is 1. The summed E-state index contributed by atoms with van der Waals surface area (Å²) in [5.74, 6) is 0.198. The van der Waals surface area contributed by atoms with Gasteiger partial charge >= 0.3 is 0 Å². The third-order valence-corrected chi connectivity index (χ3v) is 10.5. The first-order chi connectivity index (χ1) is 22.9. The highest BCUT2D eigenvalue weighted by Crippen LogP contribution is 2.32. The van der Waals surface area contributed by atoms with Crippen LogP contribution in [0.25, 0.3) is 11.3 Å². The Balaban J connectivity index is 1.39. The average Bonchev–Trinajstić information content (AvgIpc) is 3.05. The number of amides is 1. The summed E-state index contributed by atoms with van der Waals surface area (Å²) in [6.45, 7) is 12.9. The van der Waals surface area contributed by atoms with E-state index < -0.39 is 10.0 Å². The molecule has 0 radical (unpaired) electrons. The molecule has 252 valence electrons. The van der Waals surface area contributed by atoms with Crippen molar-refractivity contribution in [3.8, 4) is 17.1 Å². The van der Waals surface area contributed by atoms with E-state index in [0.717, 1.165) is 48.3 Å². The van der Waals surface area contributed by atoms with Gasteiger partial charge in [0.25, 0.3) is 15.9 Å². The van der Waals surface area contributed by atoms with Gasteiger partial charge < -0.3 is 14.5 Å². The lowest BCUT2D eigenvalue weighted by Gasteiger charge is -2.40. The van der Waals surface area contributed by atoms with Crippen LogP contribution in [0.4, 0.5) is 11.6 Å². The van der Waals surface area contributed by atoms with Crippen LogP contribution in [-0.2, 0) is 10.0 Å². The topological polar surface area (TPSA) is 118 Å². The fourth-order valence-electron chi connectivity index (χ4n) is 6.78. The van der Waals surface area contributed by atoms with E-state index in [1.807, 2.05) is 61.5 Å². The summed E-state index contributed by atoms with van der Waals surface area (Å²) < 4.78 is 36.4. The van der Waals surface area contributed by atoms with Crippen molar-refractivity contribution in [3.05, 3.63) is 89.7 Å². The van der Waals surface area contributed by atoms with Crippen molar-refractivity contribution in [3.63, 3.8) is 0 Å². The maximum absolute atomic E-state index is 14.5. The number of fused-ring (bicyclic) bond motifs is 4. The number of sulfonamides is 1. The quantitative estimate of drug-likeness (QED) is 0.256. The van der Waals surface area contributed by atoms with Crippen LogP contribution in [0.3, 0.4) is 0 Å². The van der Waals surface area contributed by atoms with Gasteiger partial charge in [0, 0.05) is 54.9 Å².